The van der Waals surface area contributed by atoms with Crippen LogP contribution in [-0.2, 0) is 10.2 Å². The highest BCUT2D eigenvalue weighted by atomic mass is 79.9. The predicted molar refractivity (Wildman–Crippen MR) is 86.0 cm³/mol. The lowest BCUT2D eigenvalue weighted by Crippen LogP contribution is -2.38. The number of carbonyl (C=O) groups is 1. The monoisotopic (exact) mass is 358 g/mol. The average molecular weight is 360 g/mol. The third-order valence-electron chi connectivity index (χ3n) is 4.46. The molecule has 1 atom stereocenters. The SMILES string of the molecule is Cl.NCC1CCN(C(=O)C2(c3ccc(Br)cc3)CC2)C1. The summed E-state index contributed by atoms with van der Waals surface area (Å²) < 4.78 is 1.06. The van der Waals surface area contributed by atoms with Crippen LogP contribution in [0.3, 0.4) is 0 Å². The summed E-state index contributed by atoms with van der Waals surface area (Å²) in [5.41, 5.74) is 6.64. The van der Waals surface area contributed by atoms with Gasteiger partial charge < -0.3 is 10.6 Å². The fourth-order valence-corrected chi connectivity index (χ4v) is 3.30. The summed E-state index contributed by atoms with van der Waals surface area (Å²) >= 11 is 3.44. The van der Waals surface area contributed by atoms with Crippen LogP contribution in [0.1, 0.15) is 24.8 Å². The lowest BCUT2D eigenvalue weighted by Gasteiger charge is -2.23. The molecule has 1 amide bonds. The van der Waals surface area contributed by atoms with Crippen molar-refractivity contribution < 1.29 is 4.79 Å². The molecule has 0 aromatic heterocycles. The number of nitrogens with zero attached hydrogens (tertiary/aromatic N) is 1. The molecule has 20 heavy (non-hydrogen) atoms. The molecule has 5 heteroatoms. The first kappa shape index (κ1) is 15.8. The molecule has 0 radical (unpaired) electrons. The van der Waals surface area contributed by atoms with Crippen molar-refractivity contribution in [3.05, 3.63) is 34.3 Å². The lowest BCUT2D eigenvalue weighted by atomic mass is 9.94. The Labute approximate surface area is 134 Å². The topological polar surface area (TPSA) is 46.3 Å². The van der Waals surface area contributed by atoms with Gasteiger partial charge in [-0.3, -0.25) is 4.79 Å². The van der Waals surface area contributed by atoms with Gasteiger partial charge in [-0.05, 0) is 49.4 Å². The highest BCUT2D eigenvalue weighted by molar-refractivity contribution is 9.10. The zero-order valence-corrected chi connectivity index (χ0v) is 13.8. The van der Waals surface area contributed by atoms with Gasteiger partial charge in [-0.2, -0.15) is 0 Å². The predicted octanol–water partition coefficient (Wildman–Crippen LogP) is 2.71. The molecule has 110 valence electrons. The summed E-state index contributed by atoms with van der Waals surface area (Å²) in [6.07, 6.45) is 3.02. The molecular weight excluding hydrogens is 340 g/mol. The first-order valence-corrected chi connectivity index (χ1v) is 7.70. The Hall–Kier alpha value is -0.580. The van der Waals surface area contributed by atoms with Crippen LogP contribution in [0.15, 0.2) is 28.7 Å². The molecule has 1 saturated heterocycles. The third kappa shape index (κ3) is 2.74. The molecule has 2 aliphatic rings. The maximum absolute atomic E-state index is 12.7. The Morgan fingerprint density at radius 1 is 1.35 bits per heavy atom. The van der Waals surface area contributed by atoms with E-state index in [-0.39, 0.29) is 17.8 Å². The number of benzene rings is 1. The summed E-state index contributed by atoms with van der Waals surface area (Å²) in [5, 5.41) is 0. The second kappa shape index (κ2) is 6.04. The smallest absolute Gasteiger partial charge is 0.233 e. The van der Waals surface area contributed by atoms with Gasteiger partial charge >= 0.3 is 0 Å². The number of likely N-dealkylation sites (tertiary alicyclic amines) is 1. The number of hydrogen-bond donors (Lipinski definition) is 1. The minimum absolute atomic E-state index is 0. The second-order valence-electron chi connectivity index (χ2n) is 5.73. The van der Waals surface area contributed by atoms with Crippen molar-refractivity contribution in [3.8, 4) is 0 Å². The molecule has 1 aliphatic heterocycles. The maximum Gasteiger partial charge on any atom is 0.233 e. The second-order valence-corrected chi connectivity index (χ2v) is 6.65. The fraction of sp³-hybridized carbons (Fsp3) is 0.533. The minimum atomic E-state index is -0.232. The third-order valence-corrected chi connectivity index (χ3v) is 4.99. The fourth-order valence-electron chi connectivity index (χ4n) is 3.03. The van der Waals surface area contributed by atoms with E-state index in [0.717, 1.165) is 42.4 Å². The zero-order valence-electron chi connectivity index (χ0n) is 11.3. The number of carbonyl (C=O) groups excluding carboxylic acids is 1. The van der Waals surface area contributed by atoms with E-state index in [1.54, 1.807) is 0 Å². The van der Waals surface area contributed by atoms with E-state index in [2.05, 4.69) is 28.1 Å². The number of amides is 1. The van der Waals surface area contributed by atoms with Crippen molar-refractivity contribution in [3.63, 3.8) is 0 Å². The van der Waals surface area contributed by atoms with Crippen LogP contribution in [0.25, 0.3) is 0 Å². The van der Waals surface area contributed by atoms with Crippen LogP contribution in [0.2, 0.25) is 0 Å². The molecule has 3 rings (SSSR count). The minimum Gasteiger partial charge on any atom is -0.342 e. The largest absolute Gasteiger partial charge is 0.342 e. The highest BCUT2D eigenvalue weighted by Crippen LogP contribution is 2.50. The first-order valence-electron chi connectivity index (χ1n) is 6.91. The van der Waals surface area contributed by atoms with Crippen molar-refractivity contribution in [2.45, 2.75) is 24.7 Å². The van der Waals surface area contributed by atoms with E-state index in [0.29, 0.717) is 18.4 Å². The van der Waals surface area contributed by atoms with E-state index in [4.69, 9.17) is 5.73 Å². The van der Waals surface area contributed by atoms with Gasteiger partial charge in [0.15, 0.2) is 0 Å². The molecule has 0 bridgehead atoms. The molecule has 1 aliphatic carbocycles. The standard InChI is InChI=1S/C15H19BrN2O.ClH/c16-13-3-1-12(2-4-13)15(6-7-15)14(19)18-8-5-11(9-17)10-18;/h1-4,11H,5-10,17H2;1H. The van der Waals surface area contributed by atoms with Crippen molar-refractivity contribution in [1.82, 2.24) is 4.90 Å². The van der Waals surface area contributed by atoms with Crippen LogP contribution < -0.4 is 5.73 Å². The van der Waals surface area contributed by atoms with Crippen LogP contribution in [0, 0.1) is 5.92 Å². The zero-order chi connectivity index (χ0) is 13.5. The number of rotatable bonds is 3. The van der Waals surface area contributed by atoms with Gasteiger partial charge in [-0.1, -0.05) is 28.1 Å². The number of hydrogen-bond acceptors (Lipinski definition) is 2. The van der Waals surface area contributed by atoms with E-state index in [9.17, 15) is 4.79 Å². The molecule has 1 saturated carbocycles. The molecule has 0 spiro atoms. The van der Waals surface area contributed by atoms with Gasteiger partial charge in [-0.25, -0.2) is 0 Å². The van der Waals surface area contributed by atoms with Gasteiger partial charge in [0.25, 0.3) is 0 Å². The molecule has 2 fully saturated rings. The molecule has 3 nitrogen and oxygen atoms in total. The average Bonchev–Trinajstić information content (AvgIpc) is 3.09. The van der Waals surface area contributed by atoms with Crippen molar-refractivity contribution >= 4 is 34.2 Å². The van der Waals surface area contributed by atoms with Crippen LogP contribution in [0.4, 0.5) is 0 Å². The van der Waals surface area contributed by atoms with E-state index in [1.165, 1.54) is 0 Å². The van der Waals surface area contributed by atoms with Crippen molar-refractivity contribution in [2.75, 3.05) is 19.6 Å². The van der Waals surface area contributed by atoms with Gasteiger partial charge in [-0.15, -0.1) is 12.4 Å². The molecular formula is C15H20BrClN2O. The molecule has 1 aromatic rings. The highest BCUT2D eigenvalue weighted by Gasteiger charge is 2.53. The molecule has 1 aromatic carbocycles. The summed E-state index contributed by atoms with van der Waals surface area (Å²) in [6.45, 7) is 2.40. The molecule has 1 unspecified atom stereocenters. The summed E-state index contributed by atoms with van der Waals surface area (Å²) in [5.74, 6) is 0.801. The number of halogens is 2. The van der Waals surface area contributed by atoms with Crippen molar-refractivity contribution in [1.29, 1.82) is 0 Å². The summed E-state index contributed by atoms with van der Waals surface area (Å²) in [7, 11) is 0. The lowest BCUT2D eigenvalue weighted by molar-refractivity contribution is -0.133. The van der Waals surface area contributed by atoms with Gasteiger partial charge in [0, 0.05) is 17.6 Å². The van der Waals surface area contributed by atoms with Crippen LogP contribution >= 0.6 is 28.3 Å². The van der Waals surface area contributed by atoms with E-state index in [1.807, 2.05) is 17.0 Å². The maximum atomic E-state index is 12.7. The van der Waals surface area contributed by atoms with Gasteiger partial charge in [0.05, 0.1) is 5.41 Å². The first-order chi connectivity index (χ1) is 9.15. The van der Waals surface area contributed by atoms with Crippen LogP contribution in [0.5, 0.6) is 0 Å². The summed E-state index contributed by atoms with van der Waals surface area (Å²) in [4.78, 5) is 14.8. The van der Waals surface area contributed by atoms with Gasteiger partial charge in [0.2, 0.25) is 5.91 Å². The Balaban J connectivity index is 0.00000147. The van der Waals surface area contributed by atoms with E-state index >= 15 is 0 Å². The Bertz CT molecular complexity index is 487. The van der Waals surface area contributed by atoms with E-state index < -0.39 is 0 Å². The summed E-state index contributed by atoms with van der Waals surface area (Å²) in [6, 6.07) is 8.20. The molecule has 1 heterocycles. The Morgan fingerprint density at radius 3 is 2.50 bits per heavy atom. The Kier molecular flexibility index (Phi) is 4.77. The quantitative estimate of drug-likeness (QED) is 0.902. The Morgan fingerprint density at radius 2 is 2.00 bits per heavy atom. The van der Waals surface area contributed by atoms with Gasteiger partial charge in [0.1, 0.15) is 0 Å². The molecule has 2 N–H and O–H groups in total. The normalized spacial score (nSPS) is 23.3. The van der Waals surface area contributed by atoms with Crippen molar-refractivity contribution in [2.24, 2.45) is 11.7 Å². The van der Waals surface area contributed by atoms with Crippen LogP contribution in [-0.4, -0.2) is 30.4 Å². The number of nitrogens with two attached hydrogens (primary N) is 1.